The second-order valence-electron chi connectivity index (χ2n) is 9.14. The Kier molecular flexibility index (Phi) is 10.1. The van der Waals surface area contributed by atoms with Crippen LogP contribution < -0.4 is 20.4 Å². The van der Waals surface area contributed by atoms with Crippen molar-refractivity contribution in [3.8, 4) is 5.75 Å². The highest BCUT2D eigenvalue weighted by atomic mass is 79.9. The first-order valence-corrected chi connectivity index (χ1v) is 13.5. The molecule has 38 heavy (non-hydrogen) atoms. The third-order valence-corrected chi connectivity index (χ3v) is 6.95. The number of nitrogens with zero attached hydrogens (tertiary/aromatic N) is 3. The summed E-state index contributed by atoms with van der Waals surface area (Å²) in [6.45, 7) is 5.00. The second-order valence-corrected chi connectivity index (χ2v) is 10.1. The van der Waals surface area contributed by atoms with E-state index in [-0.39, 0.29) is 11.7 Å². The van der Waals surface area contributed by atoms with Gasteiger partial charge in [-0.2, -0.15) is 5.10 Å². The van der Waals surface area contributed by atoms with E-state index in [9.17, 15) is 9.18 Å². The molecule has 0 radical (unpaired) electrons. The van der Waals surface area contributed by atoms with Crippen molar-refractivity contribution in [3.05, 3.63) is 88.1 Å². The van der Waals surface area contributed by atoms with Crippen LogP contribution in [0, 0.1) is 5.82 Å². The van der Waals surface area contributed by atoms with Gasteiger partial charge in [0, 0.05) is 67.1 Å². The summed E-state index contributed by atoms with van der Waals surface area (Å²) in [6, 6.07) is 20.5. The van der Waals surface area contributed by atoms with Crippen molar-refractivity contribution >= 4 is 39.4 Å². The van der Waals surface area contributed by atoms with Gasteiger partial charge >= 0.3 is 0 Å². The Morgan fingerprint density at radius 3 is 2.50 bits per heavy atom. The lowest BCUT2D eigenvalue weighted by molar-refractivity contribution is -0.121. The summed E-state index contributed by atoms with van der Waals surface area (Å²) in [5.41, 5.74) is 6.65. The Morgan fingerprint density at radius 2 is 1.79 bits per heavy atom. The van der Waals surface area contributed by atoms with Crippen LogP contribution in [0.4, 0.5) is 15.8 Å². The van der Waals surface area contributed by atoms with E-state index in [1.54, 1.807) is 13.3 Å². The molecule has 3 aromatic carbocycles. The van der Waals surface area contributed by atoms with Crippen molar-refractivity contribution < 1.29 is 13.9 Å². The maximum atomic E-state index is 13.2. The molecule has 0 aliphatic carbocycles. The zero-order valence-corrected chi connectivity index (χ0v) is 23.1. The third kappa shape index (κ3) is 8.29. The summed E-state index contributed by atoms with van der Waals surface area (Å²) in [5, 5.41) is 7.44. The SMILES string of the molecule is COc1ccc(C=NNC(=O)CCCNc2ccc(Br)cc2)cc1CN1CCN(c2ccc(F)cc2)CC1. The van der Waals surface area contributed by atoms with Crippen LogP contribution in [0.25, 0.3) is 0 Å². The number of carbonyl (C=O) groups excluding carboxylic acids is 1. The molecule has 1 fully saturated rings. The van der Waals surface area contributed by atoms with Crippen molar-refractivity contribution in [2.45, 2.75) is 19.4 Å². The van der Waals surface area contributed by atoms with E-state index in [1.807, 2.05) is 54.6 Å². The molecule has 0 saturated carbocycles. The van der Waals surface area contributed by atoms with Gasteiger partial charge in [-0.3, -0.25) is 9.69 Å². The van der Waals surface area contributed by atoms with E-state index < -0.39 is 0 Å². The first kappa shape index (κ1) is 27.6. The van der Waals surface area contributed by atoms with Gasteiger partial charge < -0.3 is 15.0 Å². The van der Waals surface area contributed by atoms with Gasteiger partial charge in [0.05, 0.1) is 13.3 Å². The van der Waals surface area contributed by atoms with Crippen molar-refractivity contribution in [2.75, 3.05) is 50.1 Å². The van der Waals surface area contributed by atoms with E-state index in [1.165, 1.54) is 12.1 Å². The Hall–Kier alpha value is -3.43. The summed E-state index contributed by atoms with van der Waals surface area (Å²) < 4.78 is 19.9. The molecule has 200 valence electrons. The van der Waals surface area contributed by atoms with Gasteiger partial charge in [-0.25, -0.2) is 9.82 Å². The molecule has 0 aromatic heterocycles. The third-order valence-electron chi connectivity index (χ3n) is 6.42. The topological polar surface area (TPSA) is 69.2 Å². The van der Waals surface area contributed by atoms with E-state index in [0.717, 1.165) is 65.4 Å². The van der Waals surface area contributed by atoms with Crippen LogP contribution in [0.3, 0.4) is 0 Å². The molecule has 0 unspecified atom stereocenters. The van der Waals surface area contributed by atoms with Crippen LogP contribution in [0.15, 0.2) is 76.3 Å². The zero-order valence-electron chi connectivity index (χ0n) is 21.5. The second kappa shape index (κ2) is 13.9. The lowest BCUT2D eigenvalue weighted by Crippen LogP contribution is -2.46. The average Bonchev–Trinajstić information content (AvgIpc) is 2.93. The quantitative estimate of drug-likeness (QED) is 0.184. The number of hydrazone groups is 1. The number of carbonyl (C=O) groups is 1. The van der Waals surface area contributed by atoms with Gasteiger partial charge in [0.2, 0.25) is 5.91 Å². The maximum absolute atomic E-state index is 13.2. The number of halogens is 2. The highest BCUT2D eigenvalue weighted by molar-refractivity contribution is 9.10. The molecule has 0 bridgehead atoms. The lowest BCUT2D eigenvalue weighted by Gasteiger charge is -2.36. The normalized spacial score (nSPS) is 14.0. The Labute approximate surface area is 231 Å². The first-order valence-electron chi connectivity index (χ1n) is 12.7. The minimum atomic E-state index is -0.215. The number of piperazine rings is 1. The first-order chi connectivity index (χ1) is 18.5. The number of hydrogen-bond acceptors (Lipinski definition) is 6. The van der Waals surface area contributed by atoms with Crippen molar-refractivity contribution in [1.82, 2.24) is 10.3 Å². The monoisotopic (exact) mass is 581 g/mol. The molecule has 0 spiro atoms. The Morgan fingerprint density at radius 1 is 1.05 bits per heavy atom. The molecule has 1 aliphatic rings. The van der Waals surface area contributed by atoms with Crippen LogP contribution in [-0.4, -0.2) is 56.9 Å². The Bertz CT molecular complexity index is 1210. The molecule has 1 heterocycles. The molecule has 4 rings (SSSR count). The molecule has 1 aliphatic heterocycles. The number of benzene rings is 3. The zero-order chi connectivity index (χ0) is 26.7. The standard InChI is InChI=1S/C29H33BrFN5O2/c1-38-28-13-4-22(20-33-34-29(37)3-2-14-32-26-9-5-24(30)6-10-26)19-23(28)21-35-15-17-36(18-16-35)27-11-7-25(31)8-12-27/h4-13,19-20,32H,2-3,14-18,21H2,1H3,(H,34,37). The minimum Gasteiger partial charge on any atom is -0.496 e. The molecule has 0 atom stereocenters. The van der Waals surface area contributed by atoms with Crippen molar-refractivity contribution in [3.63, 3.8) is 0 Å². The summed E-state index contributed by atoms with van der Waals surface area (Å²) in [6.07, 6.45) is 2.75. The lowest BCUT2D eigenvalue weighted by atomic mass is 10.1. The highest BCUT2D eigenvalue weighted by Crippen LogP contribution is 2.23. The van der Waals surface area contributed by atoms with Gasteiger partial charge in [-0.05, 0) is 78.7 Å². The fourth-order valence-corrected chi connectivity index (χ4v) is 4.61. The maximum Gasteiger partial charge on any atom is 0.240 e. The van der Waals surface area contributed by atoms with E-state index in [2.05, 4.69) is 41.6 Å². The largest absolute Gasteiger partial charge is 0.496 e. The summed E-state index contributed by atoms with van der Waals surface area (Å²) in [5.74, 6) is 0.490. The summed E-state index contributed by atoms with van der Waals surface area (Å²) in [7, 11) is 1.67. The highest BCUT2D eigenvalue weighted by Gasteiger charge is 2.19. The number of rotatable bonds is 11. The predicted molar refractivity (Wildman–Crippen MR) is 154 cm³/mol. The molecule has 1 saturated heterocycles. The number of amides is 1. The van der Waals surface area contributed by atoms with Crippen LogP contribution in [-0.2, 0) is 11.3 Å². The van der Waals surface area contributed by atoms with E-state index in [4.69, 9.17) is 4.74 Å². The van der Waals surface area contributed by atoms with Crippen LogP contribution >= 0.6 is 15.9 Å². The smallest absolute Gasteiger partial charge is 0.240 e. The number of ether oxygens (including phenoxy) is 1. The molecule has 7 nitrogen and oxygen atoms in total. The van der Waals surface area contributed by atoms with Crippen molar-refractivity contribution in [2.24, 2.45) is 5.10 Å². The van der Waals surface area contributed by atoms with Crippen LogP contribution in [0.1, 0.15) is 24.0 Å². The number of nitrogens with one attached hydrogen (secondary N) is 2. The van der Waals surface area contributed by atoms with Crippen LogP contribution in [0.2, 0.25) is 0 Å². The van der Waals surface area contributed by atoms with Gasteiger partial charge in [0.15, 0.2) is 0 Å². The molecule has 9 heteroatoms. The average molecular weight is 583 g/mol. The molecular weight excluding hydrogens is 549 g/mol. The van der Waals surface area contributed by atoms with Crippen LogP contribution in [0.5, 0.6) is 5.75 Å². The molecule has 2 N–H and O–H groups in total. The van der Waals surface area contributed by atoms with Gasteiger partial charge in [-0.1, -0.05) is 15.9 Å². The Balaban J connectivity index is 1.22. The summed E-state index contributed by atoms with van der Waals surface area (Å²) in [4.78, 5) is 16.8. The minimum absolute atomic E-state index is 0.119. The van der Waals surface area contributed by atoms with Gasteiger partial charge in [-0.15, -0.1) is 0 Å². The van der Waals surface area contributed by atoms with Crippen molar-refractivity contribution in [1.29, 1.82) is 0 Å². The predicted octanol–water partition coefficient (Wildman–Crippen LogP) is 5.26. The number of hydrogen-bond donors (Lipinski definition) is 2. The fraction of sp³-hybridized carbons (Fsp3) is 0.310. The molecular formula is C29H33BrFN5O2. The summed E-state index contributed by atoms with van der Waals surface area (Å²) >= 11 is 3.42. The molecule has 3 aromatic rings. The van der Waals surface area contributed by atoms with E-state index >= 15 is 0 Å². The molecule has 1 amide bonds. The van der Waals surface area contributed by atoms with E-state index in [0.29, 0.717) is 19.4 Å². The number of anilines is 2. The number of methoxy groups -OCH3 is 1. The van der Waals surface area contributed by atoms with Gasteiger partial charge in [0.25, 0.3) is 0 Å². The van der Waals surface area contributed by atoms with Gasteiger partial charge in [0.1, 0.15) is 11.6 Å². The fourth-order valence-electron chi connectivity index (χ4n) is 4.34.